The maximum Gasteiger partial charge on any atom is 0.231 e. The number of nitrogens with one attached hydrogen (secondary N) is 2. The summed E-state index contributed by atoms with van der Waals surface area (Å²) < 4.78 is 10.7. The minimum absolute atomic E-state index is 0.331. The second-order valence-corrected chi connectivity index (χ2v) is 4.73. The van der Waals surface area contributed by atoms with Gasteiger partial charge in [-0.25, -0.2) is 0 Å². The Balaban J connectivity index is 1.50. The van der Waals surface area contributed by atoms with E-state index in [1.807, 2.05) is 12.1 Å². The van der Waals surface area contributed by atoms with Crippen molar-refractivity contribution in [2.45, 2.75) is 19.3 Å². The summed E-state index contributed by atoms with van der Waals surface area (Å²) in [5, 5.41) is 6.65. The smallest absolute Gasteiger partial charge is 0.231 e. The van der Waals surface area contributed by atoms with E-state index in [0.717, 1.165) is 43.5 Å². The fourth-order valence-corrected chi connectivity index (χ4v) is 2.23. The molecule has 19 heavy (non-hydrogen) atoms. The summed E-state index contributed by atoms with van der Waals surface area (Å²) in [5.41, 5.74) is 1.24. The molecule has 102 valence electrons. The zero-order valence-corrected chi connectivity index (χ0v) is 10.9. The third kappa shape index (κ3) is 3.10. The van der Waals surface area contributed by atoms with E-state index in [1.54, 1.807) is 0 Å². The van der Waals surface area contributed by atoms with Crippen molar-refractivity contribution in [3.05, 3.63) is 23.8 Å². The fraction of sp³-hybridized carbons (Fsp3) is 0.500. The van der Waals surface area contributed by atoms with Gasteiger partial charge in [-0.1, -0.05) is 6.07 Å². The topological polar surface area (TPSA) is 54.9 Å². The summed E-state index contributed by atoms with van der Waals surface area (Å²) in [7, 11) is 0. The van der Waals surface area contributed by atoms with Crippen LogP contribution in [0.15, 0.2) is 23.2 Å². The Morgan fingerprint density at radius 1 is 1.21 bits per heavy atom. The van der Waals surface area contributed by atoms with Gasteiger partial charge >= 0.3 is 0 Å². The van der Waals surface area contributed by atoms with E-state index in [0.29, 0.717) is 6.79 Å². The number of fused-ring (bicyclic) bond motifs is 1. The summed E-state index contributed by atoms with van der Waals surface area (Å²) in [5.74, 6) is 2.62. The van der Waals surface area contributed by atoms with E-state index in [2.05, 4.69) is 21.7 Å². The van der Waals surface area contributed by atoms with Gasteiger partial charge in [0.1, 0.15) is 0 Å². The molecule has 0 radical (unpaired) electrons. The third-order valence-corrected chi connectivity index (χ3v) is 3.29. The lowest BCUT2D eigenvalue weighted by Crippen LogP contribution is -2.38. The molecule has 0 spiro atoms. The molecule has 1 aromatic rings. The molecule has 2 N–H and O–H groups in total. The Hall–Kier alpha value is -1.91. The maximum atomic E-state index is 5.37. The van der Waals surface area contributed by atoms with Gasteiger partial charge < -0.3 is 20.1 Å². The van der Waals surface area contributed by atoms with Gasteiger partial charge in [0.15, 0.2) is 17.5 Å². The highest BCUT2D eigenvalue weighted by Crippen LogP contribution is 2.32. The van der Waals surface area contributed by atoms with E-state index in [9.17, 15) is 0 Å². The van der Waals surface area contributed by atoms with E-state index in [1.165, 1.54) is 18.4 Å². The molecule has 0 bridgehead atoms. The van der Waals surface area contributed by atoms with E-state index < -0.39 is 0 Å². The third-order valence-electron chi connectivity index (χ3n) is 3.29. The van der Waals surface area contributed by atoms with Crippen LogP contribution in [-0.2, 0) is 6.42 Å². The standard InChI is InChI=1S/C14H19N3O2/c1-2-7-16-14(15-6-1)17-8-5-11-3-4-12-13(9-11)19-10-18-12/h3-4,9H,1-2,5-8,10H2,(H2,15,16,17). The van der Waals surface area contributed by atoms with Gasteiger partial charge in [0.25, 0.3) is 0 Å². The zero-order valence-electron chi connectivity index (χ0n) is 10.9. The predicted octanol–water partition coefficient (Wildman–Crippen LogP) is 1.29. The average Bonchev–Trinajstić information content (AvgIpc) is 2.74. The molecule has 0 amide bonds. The lowest BCUT2D eigenvalue weighted by atomic mass is 10.1. The van der Waals surface area contributed by atoms with Crippen LogP contribution in [0.5, 0.6) is 11.5 Å². The van der Waals surface area contributed by atoms with Crippen molar-refractivity contribution >= 4 is 5.96 Å². The molecule has 0 saturated heterocycles. The monoisotopic (exact) mass is 261 g/mol. The number of aliphatic imine (C=N–C) groups is 1. The van der Waals surface area contributed by atoms with Gasteiger partial charge in [0.2, 0.25) is 6.79 Å². The Kier molecular flexibility index (Phi) is 3.72. The van der Waals surface area contributed by atoms with Crippen LogP contribution >= 0.6 is 0 Å². The second kappa shape index (κ2) is 5.82. The molecule has 2 aliphatic rings. The highest BCUT2D eigenvalue weighted by atomic mass is 16.7. The lowest BCUT2D eigenvalue weighted by molar-refractivity contribution is 0.174. The molecule has 2 heterocycles. The average molecular weight is 261 g/mol. The molecule has 5 nitrogen and oxygen atoms in total. The molecule has 5 heteroatoms. The molecular weight excluding hydrogens is 242 g/mol. The number of nitrogens with zero attached hydrogens (tertiary/aromatic N) is 1. The first-order chi connectivity index (χ1) is 9.42. The summed E-state index contributed by atoms with van der Waals surface area (Å²) in [6.45, 7) is 3.12. The van der Waals surface area contributed by atoms with E-state index >= 15 is 0 Å². The van der Waals surface area contributed by atoms with Crippen molar-refractivity contribution in [3.8, 4) is 11.5 Å². The SMILES string of the molecule is c1cc2c(cc1CCNC1=NCCCCN1)OCO2. The highest BCUT2D eigenvalue weighted by Gasteiger charge is 2.12. The molecule has 1 aromatic carbocycles. The quantitative estimate of drug-likeness (QED) is 0.861. The van der Waals surface area contributed by atoms with Gasteiger partial charge in [-0.15, -0.1) is 0 Å². The number of hydrogen-bond acceptors (Lipinski definition) is 5. The minimum atomic E-state index is 0.331. The van der Waals surface area contributed by atoms with Gasteiger partial charge in [0, 0.05) is 19.6 Å². The largest absolute Gasteiger partial charge is 0.454 e. The van der Waals surface area contributed by atoms with Crippen molar-refractivity contribution in [2.75, 3.05) is 26.4 Å². The lowest BCUT2D eigenvalue weighted by Gasteiger charge is -2.10. The van der Waals surface area contributed by atoms with Crippen LogP contribution < -0.4 is 20.1 Å². The Bertz CT molecular complexity index is 474. The molecule has 0 atom stereocenters. The first kappa shape index (κ1) is 12.1. The van der Waals surface area contributed by atoms with Crippen LogP contribution in [0, 0.1) is 0 Å². The molecular formula is C14H19N3O2. The molecule has 3 rings (SSSR count). The summed E-state index contributed by atoms with van der Waals surface area (Å²) >= 11 is 0. The molecule has 0 fully saturated rings. The molecule has 0 saturated carbocycles. The molecule has 0 aliphatic carbocycles. The fourth-order valence-electron chi connectivity index (χ4n) is 2.23. The normalized spacial score (nSPS) is 17.4. The van der Waals surface area contributed by atoms with Crippen molar-refractivity contribution in [1.29, 1.82) is 0 Å². The number of benzene rings is 1. The maximum absolute atomic E-state index is 5.37. The molecule has 2 aliphatic heterocycles. The van der Waals surface area contributed by atoms with Crippen LogP contribution in [0.2, 0.25) is 0 Å². The zero-order chi connectivity index (χ0) is 12.9. The van der Waals surface area contributed by atoms with Crippen LogP contribution in [0.3, 0.4) is 0 Å². The van der Waals surface area contributed by atoms with Crippen molar-refractivity contribution < 1.29 is 9.47 Å². The molecule has 0 aromatic heterocycles. The summed E-state index contributed by atoms with van der Waals surface area (Å²) in [6.07, 6.45) is 3.30. The predicted molar refractivity (Wildman–Crippen MR) is 73.8 cm³/mol. The summed E-state index contributed by atoms with van der Waals surface area (Å²) in [6, 6.07) is 6.10. The van der Waals surface area contributed by atoms with Crippen molar-refractivity contribution in [1.82, 2.24) is 10.6 Å². The van der Waals surface area contributed by atoms with Crippen LogP contribution in [0.1, 0.15) is 18.4 Å². The Morgan fingerprint density at radius 2 is 2.16 bits per heavy atom. The second-order valence-electron chi connectivity index (χ2n) is 4.73. The first-order valence-corrected chi connectivity index (χ1v) is 6.82. The van der Waals surface area contributed by atoms with Crippen molar-refractivity contribution in [3.63, 3.8) is 0 Å². The Labute approximate surface area is 113 Å². The number of ether oxygens (including phenoxy) is 2. The highest BCUT2D eigenvalue weighted by molar-refractivity contribution is 5.79. The van der Waals surface area contributed by atoms with Crippen LogP contribution in [0.4, 0.5) is 0 Å². The Morgan fingerprint density at radius 3 is 3.16 bits per heavy atom. The van der Waals surface area contributed by atoms with Crippen LogP contribution in [-0.4, -0.2) is 32.4 Å². The van der Waals surface area contributed by atoms with Gasteiger partial charge in [0.05, 0.1) is 0 Å². The number of guanidine groups is 1. The van der Waals surface area contributed by atoms with E-state index in [-0.39, 0.29) is 0 Å². The molecule has 0 unspecified atom stereocenters. The van der Waals surface area contributed by atoms with E-state index in [4.69, 9.17) is 9.47 Å². The van der Waals surface area contributed by atoms with Gasteiger partial charge in [-0.3, -0.25) is 4.99 Å². The summed E-state index contributed by atoms with van der Waals surface area (Å²) in [4.78, 5) is 4.46. The van der Waals surface area contributed by atoms with Gasteiger partial charge in [-0.05, 0) is 37.0 Å². The number of rotatable bonds is 3. The van der Waals surface area contributed by atoms with Crippen molar-refractivity contribution in [2.24, 2.45) is 4.99 Å². The first-order valence-electron chi connectivity index (χ1n) is 6.82. The number of hydrogen-bond donors (Lipinski definition) is 2. The van der Waals surface area contributed by atoms with Crippen LogP contribution in [0.25, 0.3) is 0 Å². The minimum Gasteiger partial charge on any atom is -0.454 e. The van der Waals surface area contributed by atoms with Gasteiger partial charge in [-0.2, -0.15) is 0 Å².